The molecule has 5 nitrogen and oxygen atoms in total. The van der Waals surface area contributed by atoms with Gasteiger partial charge >= 0.3 is 0 Å². The summed E-state index contributed by atoms with van der Waals surface area (Å²) in [7, 11) is 0. The van der Waals surface area contributed by atoms with E-state index in [9.17, 15) is 9.59 Å². The summed E-state index contributed by atoms with van der Waals surface area (Å²) in [4.78, 5) is 28.8. The maximum atomic E-state index is 12.4. The molecule has 2 heterocycles. The number of carbonyl (C=O) groups is 2. The first kappa shape index (κ1) is 19.6. The second kappa shape index (κ2) is 8.33. The van der Waals surface area contributed by atoms with Crippen molar-refractivity contribution in [3.8, 4) is 0 Å². The number of aromatic nitrogens is 1. The second-order valence-corrected chi connectivity index (χ2v) is 8.79. The molecule has 2 aromatic carbocycles. The molecule has 2 N–H and O–H groups in total. The van der Waals surface area contributed by atoms with Gasteiger partial charge < -0.3 is 10.6 Å². The Morgan fingerprint density at radius 2 is 2.07 bits per heavy atom. The number of benzene rings is 2. The highest BCUT2D eigenvalue weighted by Crippen LogP contribution is 2.30. The lowest BCUT2D eigenvalue weighted by Crippen LogP contribution is -2.44. The number of rotatable bonds is 7. The summed E-state index contributed by atoms with van der Waals surface area (Å²) in [5.41, 5.74) is 1.81. The molecule has 6 heteroatoms. The van der Waals surface area contributed by atoms with Crippen LogP contribution in [0.25, 0.3) is 10.8 Å². The molecule has 150 valence electrons. The highest BCUT2D eigenvalue weighted by Gasteiger charge is 2.37. The van der Waals surface area contributed by atoms with Crippen molar-refractivity contribution >= 4 is 33.9 Å². The molecule has 0 spiro atoms. The van der Waals surface area contributed by atoms with Crippen LogP contribution in [0.2, 0.25) is 0 Å². The minimum absolute atomic E-state index is 0.00288. The lowest BCUT2D eigenvalue weighted by molar-refractivity contribution is -0.122. The van der Waals surface area contributed by atoms with Crippen LogP contribution >= 0.6 is 11.3 Å². The molecule has 0 aliphatic carbocycles. The van der Waals surface area contributed by atoms with E-state index in [1.165, 1.54) is 16.3 Å². The fraction of sp³-hybridized carbons (Fsp3) is 0.348. The summed E-state index contributed by atoms with van der Waals surface area (Å²) in [5.74, 6) is 0.0707. The molecule has 0 radical (unpaired) electrons. The van der Waals surface area contributed by atoms with Crippen molar-refractivity contribution in [2.24, 2.45) is 0 Å². The summed E-state index contributed by atoms with van der Waals surface area (Å²) in [6, 6.07) is 14.7. The molecule has 1 fully saturated rings. The Labute approximate surface area is 174 Å². The van der Waals surface area contributed by atoms with Crippen LogP contribution in [-0.4, -0.2) is 22.3 Å². The summed E-state index contributed by atoms with van der Waals surface area (Å²) in [5, 5.41) is 11.4. The van der Waals surface area contributed by atoms with Crippen molar-refractivity contribution in [3.63, 3.8) is 0 Å². The number of fused-ring (bicyclic) bond motifs is 1. The van der Waals surface area contributed by atoms with Crippen LogP contribution < -0.4 is 10.6 Å². The van der Waals surface area contributed by atoms with E-state index in [0.717, 1.165) is 23.5 Å². The summed E-state index contributed by atoms with van der Waals surface area (Å²) in [6.07, 6.45) is 3.04. The van der Waals surface area contributed by atoms with Crippen LogP contribution in [0.1, 0.15) is 41.9 Å². The molecule has 1 unspecified atom stereocenters. The highest BCUT2D eigenvalue weighted by atomic mass is 32.1. The molecule has 2 amide bonds. The number of carbonyl (C=O) groups excluding carboxylic acids is 2. The highest BCUT2D eigenvalue weighted by molar-refractivity contribution is 7.09. The minimum Gasteiger partial charge on any atom is -0.350 e. The van der Waals surface area contributed by atoms with E-state index in [1.54, 1.807) is 11.3 Å². The predicted octanol–water partition coefficient (Wildman–Crippen LogP) is 3.89. The Kier molecular flexibility index (Phi) is 5.62. The van der Waals surface area contributed by atoms with Crippen molar-refractivity contribution in [1.29, 1.82) is 0 Å². The average Bonchev–Trinajstić information content (AvgIpc) is 3.30. The van der Waals surface area contributed by atoms with Gasteiger partial charge in [0.15, 0.2) is 0 Å². The summed E-state index contributed by atoms with van der Waals surface area (Å²) < 4.78 is 0. The smallest absolute Gasteiger partial charge is 0.220 e. The number of amides is 2. The number of aryl methyl sites for hydroxylation is 1. The quantitative estimate of drug-likeness (QED) is 0.624. The number of thiazole rings is 1. The average molecular weight is 408 g/mol. The van der Waals surface area contributed by atoms with Crippen LogP contribution in [0.15, 0.2) is 47.8 Å². The SMILES string of the molecule is Cc1csc(CNC(=O)CCC2(Cc3ccc4ccccc4c3)CCC(=O)N2)n1. The normalized spacial score (nSPS) is 18.7. The third-order valence-electron chi connectivity index (χ3n) is 5.53. The number of hydrogen-bond donors (Lipinski definition) is 2. The van der Waals surface area contributed by atoms with Crippen LogP contribution in [0.5, 0.6) is 0 Å². The molecule has 0 saturated carbocycles. The number of nitrogens with zero attached hydrogens (tertiary/aromatic N) is 1. The van der Waals surface area contributed by atoms with E-state index >= 15 is 0 Å². The van der Waals surface area contributed by atoms with Gasteiger partial charge in [0.1, 0.15) is 5.01 Å². The molecule has 4 rings (SSSR count). The standard InChI is InChI=1S/C23H25N3O2S/c1-16-15-29-22(25-16)14-24-20(27)8-10-23(11-9-21(28)26-23)13-17-6-7-18-4-2-3-5-19(18)12-17/h2-7,12,15H,8-11,13-14H2,1H3,(H,24,27)(H,26,28). The topological polar surface area (TPSA) is 71.1 Å². The van der Waals surface area contributed by atoms with Gasteiger partial charge in [0, 0.05) is 29.5 Å². The molecule has 0 bridgehead atoms. The fourth-order valence-corrected chi connectivity index (χ4v) is 4.73. The zero-order valence-electron chi connectivity index (χ0n) is 16.5. The lowest BCUT2D eigenvalue weighted by atomic mass is 9.84. The Hall–Kier alpha value is -2.73. The summed E-state index contributed by atoms with van der Waals surface area (Å²) in [6.45, 7) is 2.41. The maximum Gasteiger partial charge on any atom is 0.220 e. The molecule has 1 aliphatic rings. The Balaban J connectivity index is 1.40. The van der Waals surface area contributed by atoms with Crippen LogP contribution in [0.3, 0.4) is 0 Å². The molecule has 29 heavy (non-hydrogen) atoms. The zero-order valence-corrected chi connectivity index (χ0v) is 17.3. The van der Waals surface area contributed by atoms with E-state index < -0.39 is 0 Å². The second-order valence-electron chi connectivity index (χ2n) is 7.85. The number of nitrogens with one attached hydrogen (secondary N) is 2. The maximum absolute atomic E-state index is 12.4. The number of hydrogen-bond acceptors (Lipinski definition) is 4. The van der Waals surface area contributed by atoms with Gasteiger partial charge in [-0.1, -0.05) is 42.5 Å². The Morgan fingerprint density at radius 1 is 1.24 bits per heavy atom. The van der Waals surface area contributed by atoms with E-state index in [-0.39, 0.29) is 17.4 Å². The van der Waals surface area contributed by atoms with Gasteiger partial charge in [0.25, 0.3) is 0 Å². The molecule has 1 saturated heterocycles. The lowest BCUT2D eigenvalue weighted by Gasteiger charge is -2.29. The first-order valence-corrected chi connectivity index (χ1v) is 10.9. The van der Waals surface area contributed by atoms with Gasteiger partial charge in [-0.3, -0.25) is 9.59 Å². The van der Waals surface area contributed by atoms with E-state index in [1.807, 2.05) is 24.4 Å². The molecule has 3 aromatic rings. The van der Waals surface area contributed by atoms with Crippen LogP contribution in [0.4, 0.5) is 0 Å². The van der Waals surface area contributed by atoms with Crippen molar-refractivity contribution in [1.82, 2.24) is 15.6 Å². The first-order valence-electron chi connectivity index (χ1n) is 9.98. The van der Waals surface area contributed by atoms with E-state index in [0.29, 0.717) is 25.8 Å². The zero-order chi connectivity index (χ0) is 20.3. The van der Waals surface area contributed by atoms with Gasteiger partial charge in [-0.05, 0) is 42.5 Å². The molecular formula is C23H25N3O2S. The van der Waals surface area contributed by atoms with Gasteiger partial charge in [0.05, 0.1) is 6.54 Å². The summed E-state index contributed by atoms with van der Waals surface area (Å²) >= 11 is 1.55. The minimum atomic E-state index is -0.353. The Morgan fingerprint density at radius 3 is 2.79 bits per heavy atom. The molecule has 1 aromatic heterocycles. The molecular weight excluding hydrogens is 382 g/mol. The van der Waals surface area contributed by atoms with Crippen LogP contribution in [-0.2, 0) is 22.6 Å². The van der Waals surface area contributed by atoms with Crippen LogP contribution in [0, 0.1) is 6.92 Å². The van der Waals surface area contributed by atoms with Crippen molar-refractivity contribution < 1.29 is 9.59 Å². The van der Waals surface area contributed by atoms with Gasteiger partial charge in [-0.15, -0.1) is 11.3 Å². The Bertz CT molecular complexity index is 1050. The predicted molar refractivity (Wildman–Crippen MR) is 116 cm³/mol. The third kappa shape index (κ3) is 4.82. The van der Waals surface area contributed by atoms with Gasteiger partial charge in [-0.25, -0.2) is 4.98 Å². The first-order chi connectivity index (χ1) is 14.0. The van der Waals surface area contributed by atoms with Crippen molar-refractivity contribution in [2.75, 3.05) is 0 Å². The molecule has 1 atom stereocenters. The van der Waals surface area contributed by atoms with Crippen molar-refractivity contribution in [2.45, 2.75) is 51.1 Å². The molecule has 1 aliphatic heterocycles. The van der Waals surface area contributed by atoms with E-state index in [4.69, 9.17) is 0 Å². The van der Waals surface area contributed by atoms with Crippen molar-refractivity contribution in [3.05, 3.63) is 64.1 Å². The van der Waals surface area contributed by atoms with Gasteiger partial charge in [0.2, 0.25) is 11.8 Å². The monoisotopic (exact) mass is 407 g/mol. The third-order valence-corrected chi connectivity index (χ3v) is 6.49. The fourth-order valence-electron chi connectivity index (χ4n) is 4.02. The largest absolute Gasteiger partial charge is 0.350 e. The van der Waals surface area contributed by atoms with Gasteiger partial charge in [-0.2, -0.15) is 0 Å². The van der Waals surface area contributed by atoms with E-state index in [2.05, 4.69) is 45.9 Å².